The number of ether oxygens (including phenoxy) is 3. The van der Waals surface area contributed by atoms with Crippen molar-refractivity contribution in [3.63, 3.8) is 0 Å². The minimum Gasteiger partial charge on any atom is -0.458 e. The van der Waals surface area contributed by atoms with E-state index in [9.17, 15) is 9.59 Å². The summed E-state index contributed by atoms with van der Waals surface area (Å²) in [5.74, 6) is -0.416. The minimum absolute atomic E-state index is 0.301. The lowest BCUT2D eigenvalue weighted by Crippen LogP contribution is -2.61. The molecule has 130 valence electrons. The number of benzene rings is 1. The van der Waals surface area contributed by atoms with E-state index in [1.165, 1.54) is 5.56 Å². The molecule has 1 N–H and O–H groups in total. The van der Waals surface area contributed by atoms with Crippen molar-refractivity contribution < 1.29 is 23.8 Å². The van der Waals surface area contributed by atoms with Gasteiger partial charge in [-0.15, -0.1) is 0 Å². The van der Waals surface area contributed by atoms with Gasteiger partial charge in [0.05, 0.1) is 13.2 Å². The van der Waals surface area contributed by atoms with Crippen molar-refractivity contribution in [1.29, 1.82) is 0 Å². The number of amides is 1. The molecule has 2 fully saturated rings. The zero-order chi connectivity index (χ0) is 17.0. The average molecular weight is 333 g/mol. The van der Waals surface area contributed by atoms with Crippen LogP contribution in [0.25, 0.3) is 0 Å². The van der Waals surface area contributed by atoms with Crippen molar-refractivity contribution in [2.24, 2.45) is 0 Å². The third-order valence-corrected chi connectivity index (χ3v) is 4.53. The van der Waals surface area contributed by atoms with Crippen LogP contribution in [0.5, 0.6) is 0 Å². The Bertz CT molecular complexity index is 584. The van der Waals surface area contributed by atoms with Crippen molar-refractivity contribution in [3.05, 3.63) is 35.9 Å². The summed E-state index contributed by atoms with van der Waals surface area (Å²) in [6, 6.07) is 9.71. The maximum atomic E-state index is 12.0. The highest BCUT2D eigenvalue weighted by Crippen LogP contribution is 2.29. The second-order valence-electron chi connectivity index (χ2n) is 6.52. The highest BCUT2D eigenvalue weighted by Gasteiger charge is 2.45. The van der Waals surface area contributed by atoms with Crippen LogP contribution in [0.2, 0.25) is 0 Å². The normalized spacial score (nSPS) is 24.3. The van der Waals surface area contributed by atoms with Crippen molar-refractivity contribution in [1.82, 2.24) is 5.32 Å². The van der Waals surface area contributed by atoms with Gasteiger partial charge in [0.15, 0.2) is 11.6 Å². The number of carbonyl (C=O) groups excluding carboxylic acids is 2. The van der Waals surface area contributed by atoms with Gasteiger partial charge in [-0.2, -0.15) is 0 Å². The molecule has 6 heteroatoms. The Kier molecular flexibility index (Phi) is 5.04. The van der Waals surface area contributed by atoms with Crippen LogP contribution in [0.15, 0.2) is 30.3 Å². The lowest BCUT2D eigenvalue weighted by molar-refractivity contribution is -0.187. The molecule has 2 saturated heterocycles. The largest absolute Gasteiger partial charge is 0.458 e. The van der Waals surface area contributed by atoms with Gasteiger partial charge in [0.2, 0.25) is 0 Å². The van der Waals surface area contributed by atoms with Gasteiger partial charge in [-0.25, -0.2) is 9.59 Å². The fourth-order valence-corrected chi connectivity index (χ4v) is 2.98. The number of unbranched alkanes of at least 4 members (excludes halogenated alkanes) is 1. The first-order valence-electron chi connectivity index (χ1n) is 8.40. The van der Waals surface area contributed by atoms with E-state index in [0.717, 1.165) is 25.7 Å². The second-order valence-corrected chi connectivity index (χ2v) is 6.52. The number of cyclic esters (lactones) is 1. The number of hydrogen-bond donors (Lipinski definition) is 1. The second kappa shape index (κ2) is 7.21. The molecule has 0 radical (unpaired) electrons. The molecule has 24 heavy (non-hydrogen) atoms. The first kappa shape index (κ1) is 16.8. The number of alkyl carbamates (subject to hydrolysis) is 1. The van der Waals surface area contributed by atoms with Gasteiger partial charge >= 0.3 is 12.1 Å². The van der Waals surface area contributed by atoms with Crippen LogP contribution in [0.4, 0.5) is 4.79 Å². The molecule has 3 rings (SSSR count). The third kappa shape index (κ3) is 3.87. The van der Waals surface area contributed by atoms with Crippen molar-refractivity contribution in [2.75, 3.05) is 13.2 Å². The monoisotopic (exact) mass is 333 g/mol. The molecule has 2 aliphatic heterocycles. The topological polar surface area (TPSA) is 73.9 Å². The molecule has 0 aliphatic carbocycles. The van der Waals surface area contributed by atoms with Crippen LogP contribution in [0.1, 0.15) is 31.7 Å². The van der Waals surface area contributed by atoms with E-state index >= 15 is 0 Å². The van der Waals surface area contributed by atoms with Crippen molar-refractivity contribution >= 4 is 12.1 Å². The van der Waals surface area contributed by atoms with Crippen LogP contribution in [0.3, 0.4) is 0 Å². The third-order valence-electron chi connectivity index (χ3n) is 4.53. The van der Waals surface area contributed by atoms with Crippen molar-refractivity contribution in [2.45, 2.75) is 50.4 Å². The lowest BCUT2D eigenvalue weighted by atomic mass is 9.93. The van der Waals surface area contributed by atoms with E-state index < -0.39 is 23.7 Å². The van der Waals surface area contributed by atoms with Gasteiger partial charge in [-0.1, -0.05) is 30.3 Å². The van der Waals surface area contributed by atoms with Gasteiger partial charge in [0, 0.05) is 0 Å². The molecule has 2 heterocycles. The summed E-state index contributed by atoms with van der Waals surface area (Å²) >= 11 is 0. The Morgan fingerprint density at radius 2 is 2.04 bits per heavy atom. The van der Waals surface area contributed by atoms with E-state index in [0.29, 0.717) is 13.2 Å². The standard InChI is InChI=1S/C18H23NO5/c1-13-15(16(20)23-13)19-17(21)24-18(11-22-12-18)10-6-5-9-14-7-3-2-4-8-14/h2-4,7-8,13,15H,5-6,9-12H2,1H3,(H,19,21)/t13-,15+/m0/s1. The number of hydrogen-bond acceptors (Lipinski definition) is 5. The summed E-state index contributed by atoms with van der Waals surface area (Å²) in [7, 11) is 0. The Morgan fingerprint density at radius 3 is 2.62 bits per heavy atom. The minimum atomic E-state index is -0.603. The van der Waals surface area contributed by atoms with Gasteiger partial charge in [0.25, 0.3) is 0 Å². The summed E-state index contributed by atoms with van der Waals surface area (Å²) < 4.78 is 15.6. The van der Waals surface area contributed by atoms with Gasteiger partial charge in [0.1, 0.15) is 6.10 Å². The van der Waals surface area contributed by atoms with Crippen LogP contribution in [-0.2, 0) is 25.4 Å². The number of rotatable bonds is 7. The molecule has 0 spiro atoms. The maximum absolute atomic E-state index is 12.0. The predicted molar refractivity (Wildman–Crippen MR) is 86.5 cm³/mol. The molecular formula is C18H23NO5. The van der Waals surface area contributed by atoms with Gasteiger partial charge in [-0.05, 0) is 38.2 Å². The van der Waals surface area contributed by atoms with Crippen LogP contribution >= 0.6 is 0 Å². The Balaban J connectivity index is 1.41. The van der Waals surface area contributed by atoms with E-state index in [1.54, 1.807) is 6.92 Å². The van der Waals surface area contributed by atoms with Crippen LogP contribution in [0, 0.1) is 0 Å². The molecule has 2 aliphatic rings. The highest BCUT2D eigenvalue weighted by molar-refractivity contribution is 5.86. The molecule has 0 unspecified atom stereocenters. The Morgan fingerprint density at radius 1 is 1.29 bits per heavy atom. The SMILES string of the molecule is C[C@@H]1OC(=O)[C@@H]1NC(=O)OC1(CCCCc2ccccc2)COC1. The van der Waals surface area contributed by atoms with E-state index in [1.807, 2.05) is 18.2 Å². The first-order chi connectivity index (χ1) is 11.6. The first-order valence-corrected chi connectivity index (χ1v) is 8.40. The summed E-state index contributed by atoms with van der Waals surface area (Å²) in [5.41, 5.74) is 0.755. The number of carbonyl (C=O) groups is 2. The molecule has 1 aromatic rings. The van der Waals surface area contributed by atoms with E-state index in [4.69, 9.17) is 14.2 Å². The molecule has 0 bridgehead atoms. The van der Waals surface area contributed by atoms with Crippen LogP contribution < -0.4 is 5.32 Å². The van der Waals surface area contributed by atoms with E-state index in [-0.39, 0.29) is 6.10 Å². The molecule has 2 atom stereocenters. The zero-order valence-corrected chi connectivity index (χ0v) is 13.8. The summed E-state index contributed by atoms with van der Waals surface area (Å²) in [5, 5.41) is 2.56. The average Bonchev–Trinajstić information content (AvgIpc) is 2.55. The summed E-state index contributed by atoms with van der Waals surface area (Å²) in [6.07, 6.45) is 2.88. The molecule has 0 aromatic heterocycles. The quantitative estimate of drug-likeness (QED) is 0.612. The maximum Gasteiger partial charge on any atom is 0.408 e. The fourth-order valence-electron chi connectivity index (χ4n) is 2.98. The number of esters is 1. The molecule has 1 aromatic carbocycles. The van der Waals surface area contributed by atoms with Gasteiger partial charge in [-0.3, -0.25) is 0 Å². The smallest absolute Gasteiger partial charge is 0.408 e. The Labute approximate surface area is 141 Å². The fraction of sp³-hybridized carbons (Fsp3) is 0.556. The molecular weight excluding hydrogens is 310 g/mol. The summed E-state index contributed by atoms with van der Waals surface area (Å²) in [4.78, 5) is 23.3. The molecule has 0 saturated carbocycles. The number of nitrogens with one attached hydrogen (secondary N) is 1. The van der Waals surface area contributed by atoms with E-state index in [2.05, 4.69) is 17.4 Å². The predicted octanol–water partition coefficient (Wildman–Crippen LogP) is 2.21. The molecule has 6 nitrogen and oxygen atoms in total. The number of aryl methyl sites for hydroxylation is 1. The lowest BCUT2D eigenvalue weighted by Gasteiger charge is -2.41. The Hall–Kier alpha value is -2.08. The van der Waals surface area contributed by atoms with Gasteiger partial charge < -0.3 is 19.5 Å². The van der Waals surface area contributed by atoms with Crippen LogP contribution in [-0.4, -0.2) is 43.0 Å². The van der Waals surface area contributed by atoms with Crippen molar-refractivity contribution in [3.8, 4) is 0 Å². The molecule has 1 amide bonds. The zero-order valence-electron chi connectivity index (χ0n) is 13.8. The highest BCUT2D eigenvalue weighted by atomic mass is 16.6. The summed E-state index contributed by atoms with van der Waals surface area (Å²) in [6.45, 7) is 2.56.